The number of phosphoric acid groups is 2. The molecule has 600 valence electrons. The van der Waals surface area contributed by atoms with Crippen molar-refractivity contribution in [1.82, 2.24) is 0 Å². The van der Waals surface area contributed by atoms with Gasteiger partial charge in [-0.1, -0.05) is 382 Å². The Kier molecular flexibility index (Phi) is 72.2. The molecular weight excluding hydrogens is 1320 g/mol. The number of carbonyl (C=O) groups excluding carboxylic acids is 4. The lowest BCUT2D eigenvalue weighted by Crippen LogP contribution is -2.30. The fourth-order valence-corrected chi connectivity index (χ4v) is 14.3. The predicted octanol–water partition coefficient (Wildman–Crippen LogP) is 24.7. The summed E-state index contributed by atoms with van der Waals surface area (Å²) in [4.78, 5) is 73.1. The van der Waals surface area contributed by atoms with Crippen molar-refractivity contribution in [2.24, 2.45) is 11.8 Å². The third-order valence-corrected chi connectivity index (χ3v) is 21.1. The van der Waals surface area contributed by atoms with Crippen molar-refractivity contribution >= 4 is 39.5 Å². The SMILES string of the molecule is CCCCCCCCCCCCCCCCCCC(=O)OC[C@H](COP(=O)(O)OC[C@@H](O)COP(=O)(O)OC[C@@H](COC(=O)CCCCCCCCCCCCCCC)OC(=O)CCCCCCCCCCCCCCC(C)C)OC(=O)CCCCCCCCCCCCCCCCC(C)C. The second kappa shape index (κ2) is 73.6. The Labute approximate surface area is 619 Å². The maximum Gasteiger partial charge on any atom is 0.472 e. The highest BCUT2D eigenvalue weighted by Gasteiger charge is 2.30. The van der Waals surface area contributed by atoms with E-state index in [1.54, 1.807) is 0 Å². The number of unbranched alkanes of at least 4 members (excludes halogenated alkanes) is 51. The zero-order chi connectivity index (χ0) is 74.2. The standard InChI is InChI=1S/C82H160O17P2/c1-7-9-11-13-15-17-19-21-22-23-28-35-41-47-53-59-65-80(85)93-71-77(98-81(86)66-60-54-48-42-36-29-25-24-27-32-38-44-50-56-62-74(3)4)72-96-100(88,89)94-68-76(83)69-95-101(90,91)97-73-78(70-92-79(84)64-58-52-46-40-34-26-20-18-16-14-12-10-8-2)99-82(87)67-61-55-49-43-37-31-30-33-39-45-51-57-63-75(5)6/h74-78,83H,7-73H2,1-6H3,(H,88,89)(H,90,91)/t76-,77-,78-/m1/s1. The molecule has 0 aromatic rings. The molecule has 0 aromatic heterocycles. The Morgan fingerprint density at radius 1 is 0.267 bits per heavy atom. The molecule has 0 radical (unpaired) electrons. The van der Waals surface area contributed by atoms with Crippen LogP contribution in [0.1, 0.15) is 433 Å². The summed E-state index contributed by atoms with van der Waals surface area (Å²) in [6, 6.07) is 0. The smallest absolute Gasteiger partial charge is 0.462 e. The number of ether oxygens (including phenoxy) is 4. The van der Waals surface area contributed by atoms with Gasteiger partial charge < -0.3 is 33.8 Å². The summed E-state index contributed by atoms with van der Waals surface area (Å²) in [6.07, 6.45) is 63.6. The molecule has 0 heterocycles. The van der Waals surface area contributed by atoms with Crippen LogP contribution in [0.4, 0.5) is 0 Å². The van der Waals surface area contributed by atoms with E-state index in [0.29, 0.717) is 25.7 Å². The summed E-state index contributed by atoms with van der Waals surface area (Å²) in [6.45, 7) is 9.68. The number of aliphatic hydroxyl groups is 1. The molecule has 19 heteroatoms. The van der Waals surface area contributed by atoms with E-state index < -0.39 is 97.5 Å². The van der Waals surface area contributed by atoms with Crippen LogP contribution < -0.4 is 0 Å². The zero-order valence-electron chi connectivity index (χ0n) is 66.2. The number of carbonyl (C=O) groups is 4. The Morgan fingerprint density at radius 2 is 0.455 bits per heavy atom. The first-order chi connectivity index (χ1) is 48.9. The Balaban J connectivity index is 5.27. The first-order valence-electron chi connectivity index (χ1n) is 42.5. The molecule has 5 atom stereocenters. The third kappa shape index (κ3) is 76.1. The zero-order valence-corrected chi connectivity index (χ0v) is 68.0. The monoisotopic (exact) mass is 1480 g/mol. The predicted molar refractivity (Wildman–Crippen MR) is 414 cm³/mol. The van der Waals surface area contributed by atoms with Crippen molar-refractivity contribution in [3.63, 3.8) is 0 Å². The molecule has 0 spiro atoms. The topological polar surface area (TPSA) is 237 Å². The van der Waals surface area contributed by atoms with Gasteiger partial charge in [0.1, 0.15) is 19.3 Å². The molecule has 0 amide bonds. The van der Waals surface area contributed by atoms with Crippen LogP contribution in [0.5, 0.6) is 0 Å². The van der Waals surface area contributed by atoms with Crippen molar-refractivity contribution in [2.45, 2.75) is 452 Å². The van der Waals surface area contributed by atoms with Gasteiger partial charge in [0.15, 0.2) is 12.2 Å². The molecule has 2 unspecified atom stereocenters. The summed E-state index contributed by atoms with van der Waals surface area (Å²) in [7, 11) is -9.92. The summed E-state index contributed by atoms with van der Waals surface area (Å²) in [5.74, 6) is -0.532. The van der Waals surface area contributed by atoms with Gasteiger partial charge in [-0.3, -0.25) is 37.3 Å². The summed E-state index contributed by atoms with van der Waals surface area (Å²) < 4.78 is 68.8. The molecule has 0 aliphatic heterocycles. The van der Waals surface area contributed by atoms with Gasteiger partial charge in [0.25, 0.3) is 0 Å². The minimum absolute atomic E-state index is 0.108. The minimum Gasteiger partial charge on any atom is -0.462 e. The lowest BCUT2D eigenvalue weighted by Gasteiger charge is -2.21. The number of aliphatic hydroxyl groups excluding tert-OH is 1. The molecule has 0 aromatic carbocycles. The normalized spacial score (nSPS) is 13.9. The Bertz CT molecular complexity index is 1940. The van der Waals surface area contributed by atoms with E-state index in [-0.39, 0.29) is 25.7 Å². The lowest BCUT2D eigenvalue weighted by atomic mass is 10.0. The van der Waals surface area contributed by atoms with E-state index in [1.165, 1.54) is 250 Å². The van der Waals surface area contributed by atoms with Crippen LogP contribution in [0.2, 0.25) is 0 Å². The van der Waals surface area contributed by atoms with Crippen LogP contribution in [0.25, 0.3) is 0 Å². The molecule has 101 heavy (non-hydrogen) atoms. The fraction of sp³-hybridized carbons (Fsp3) is 0.951. The molecule has 0 fully saturated rings. The summed E-state index contributed by atoms with van der Waals surface area (Å²) in [5, 5.41) is 10.7. The van der Waals surface area contributed by atoms with E-state index >= 15 is 0 Å². The van der Waals surface area contributed by atoms with Gasteiger partial charge in [-0.25, -0.2) is 9.13 Å². The van der Waals surface area contributed by atoms with E-state index in [4.69, 9.17) is 37.0 Å². The third-order valence-electron chi connectivity index (χ3n) is 19.2. The quantitative estimate of drug-likeness (QED) is 0.0222. The lowest BCUT2D eigenvalue weighted by molar-refractivity contribution is -0.161. The van der Waals surface area contributed by atoms with Crippen LogP contribution in [-0.4, -0.2) is 96.7 Å². The van der Waals surface area contributed by atoms with Gasteiger partial charge >= 0.3 is 39.5 Å². The average molecular weight is 1480 g/mol. The number of hydrogen-bond acceptors (Lipinski definition) is 15. The van der Waals surface area contributed by atoms with Crippen molar-refractivity contribution in [2.75, 3.05) is 39.6 Å². The highest BCUT2D eigenvalue weighted by molar-refractivity contribution is 7.47. The van der Waals surface area contributed by atoms with E-state index in [2.05, 4.69) is 41.5 Å². The fourth-order valence-electron chi connectivity index (χ4n) is 12.7. The maximum absolute atomic E-state index is 13.1. The average Bonchev–Trinajstić information content (AvgIpc) is 1.02. The largest absolute Gasteiger partial charge is 0.472 e. The molecule has 0 rings (SSSR count). The van der Waals surface area contributed by atoms with Crippen LogP contribution in [-0.2, 0) is 65.4 Å². The summed E-state index contributed by atoms with van der Waals surface area (Å²) >= 11 is 0. The van der Waals surface area contributed by atoms with Crippen LogP contribution in [0, 0.1) is 11.8 Å². The van der Waals surface area contributed by atoms with Gasteiger partial charge in [0, 0.05) is 25.7 Å². The minimum atomic E-state index is -4.96. The van der Waals surface area contributed by atoms with Crippen molar-refractivity contribution in [1.29, 1.82) is 0 Å². The Morgan fingerprint density at radius 3 is 0.673 bits per heavy atom. The van der Waals surface area contributed by atoms with E-state index in [1.807, 2.05) is 0 Å². The molecule has 3 N–H and O–H groups in total. The second-order valence-corrected chi connectivity index (χ2v) is 33.4. The van der Waals surface area contributed by atoms with Gasteiger partial charge in [-0.2, -0.15) is 0 Å². The first kappa shape index (κ1) is 99.1. The maximum atomic E-state index is 13.1. The molecule has 0 aliphatic rings. The van der Waals surface area contributed by atoms with Crippen LogP contribution in [0.15, 0.2) is 0 Å². The first-order valence-corrected chi connectivity index (χ1v) is 45.5. The number of rotatable bonds is 81. The van der Waals surface area contributed by atoms with E-state index in [0.717, 1.165) is 102 Å². The van der Waals surface area contributed by atoms with Crippen LogP contribution in [0.3, 0.4) is 0 Å². The van der Waals surface area contributed by atoms with E-state index in [9.17, 15) is 43.2 Å². The van der Waals surface area contributed by atoms with Gasteiger partial charge in [0.2, 0.25) is 0 Å². The highest BCUT2D eigenvalue weighted by atomic mass is 31.2. The van der Waals surface area contributed by atoms with Gasteiger partial charge in [-0.15, -0.1) is 0 Å². The molecule has 0 bridgehead atoms. The molecular formula is C82H160O17P2. The molecule has 17 nitrogen and oxygen atoms in total. The summed E-state index contributed by atoms with van der Waals surface area (Å²) in [5.41, 5.74) is 0. The molecule has 0 saturated carbocycles. The van der Waals surface area contributed by atoms with Crippen molar-refractivity contribution in [3.8, 4) is 0 Å². The van der Waals surface area contributed by atoms with Gasteiger partial charge in [0.05, 0.1) is 26.4 Å². The van der Waals surface area contributed by atoms with Crippen molar-refractivity contribution in [3.05, 3.63) is 0 Å². The van der Waals surface area contributed by atoms with Gasteiger partial charge in [-0.05, 0) is 37.5 Å². The number of esters is 4. The van der Waals surface area contributed by atoms with Crippen molar-refractivity contribution < 1.29 is 80.2 Å². The highest BCUT2D eigenvalue weighted by Crippen LogP contribution is 2.45. The molecule has 0 aliphatic carbocycles. The Hall–Kier alpha value is -1.94. The number of hydrogen-bond donors (Lipinski definition) is 3. The number of phosphoric ester groups is 2. The molecule has 0 saturated heterocycles. The van der Waals surface area contributed by atoms with Crippen LogP contribution >= 0.6 is 15.6 Å². The second-order valence-electron chi connectivity index (χ2n) is 30.5.